The summed E-state index contributed by atoms with van der Waals surface area (Å²) in [5.41, 5.74) is 1.74. The Kier molecular flexibility index (Phi) is 4.42. The summed E-state index contributed by atoms with van der Waals surface area (Å²) in [6.07, 6.45) is 6.16. The van der Waals surface area contributed by atoms with E-state index < -0.39 is 0 Å². The molecule has 4 aromatic heterocycles. The predicted octanol–water partition coefficient (Wildman–Crippen LogP) is 6.80. The smallest absolute Gasteiger partial charge is 0.232 e. The molecule has 6 nitrogen and oxygen atoms in total. The molecule has 0 fully saturated rings. The van der Waals surface area contributed by atoms with E-state index in [0.717, 1.165) is 0 Å². The van der Waals surface area contributed by atoms with Gasteiger partial charge in [0.25, 0.3) is 0 Å². The number of hydrogen-bond donors (Lipinski definition) is 0. The van der Waals surface area contributed by atoms with E-state index in [1.807, 2.05) is 6.07 Å². The Morgan fingerprint density at radius 1 is 0.931 bits per heavy atom. The van der Waals surface area contributed by atoms with E-state index in [2.05, 4.69) is 15.0 Å². The van der Waals surface area contributed by atoms with Gasteiger partial charge >= 0.3 is 0 Å². The van der Waals surface area contributed by atoms with Crippen LogP contribution in [0.15, 0.2) is 79.6 Å². The van der Waals surface area contributed by atoms with Crippen LogP contribution in [0.4, 0.5) is 5.82 Å². The molecule has 5 aromatic rings. The maximum atomic E-state index is 6.24. The molecule has 0 aliphatic rings. The van der Waals surface area contributed by atoms with E-state index in [0.29, 0.717) is 55.4 Å². The predicted molar refractivity (Wildman–Crippen MR) is 111 cm³/mol. The Morgan fingerprint density at radius 3 is 2.45 bits per heavy atom. The standard InChI is InChI=1S/C21H11Cl2N3O3/c22-13-6-5-12(14(23)9-13)10-24-20-18-17(15-3-1-7-27-15)19(16-4-2-8-28-16)29-21(18)26-11-25-20/h1-11H. The lowest BCUT2D eigenvalue weighted by atomic mass is 10.1. The number of furan rings is 3. The zero-order valence-electron chi connectivity index (χ0n) is 14.7. The second kappa shape index (κ2) is 7.24. The van der Waals surface area contributed by atoms with E-state index in [1.165, 1.54) is 6.33 Å². The molecule has 0 atom stereocenters. The zero-order chi connectivity index (χ0) is 19.8. The summed E-state index contributed by atoms with van der Waals surface area (Å²) in [4.78, 5) is 13.1. The van der Waals surface area contributed by atoms with Gasteiger partial charge in [-0.1, -0.05) is 29.3 Å². The fourth-order valence-corrected chi connectivity index (χ4v) is 3.45. The second-order valence-corrected chi connectivity index (χ2v) is 6.91. The van der Waals surface area contributed by atoms with Crippen molar-refractivity contribution < 1.29 is 13.3 Å². The van der Waals surface area contributed by atoms with E-state index in [4.69, 9.17) is 36.5 Å². The van der Waals surface area contributed by atoms with E-state index in [1.54, 1.807) is 55.1 Å². The van der Waals surface area contributed by atoms with Crippen molar-refractivity contribution in [3.05, 3.63) is 76.9 Å². The number of nitrogens with zero attached hydrogens (tertiary/aromatic N) is 3. The van der Waals surface area contributed by atoms with E-state index in [9.17, 15) is 0 Å². The van der Waals surface area contributed by atoms with Gasteiger partial charge in [0.2, 0.25) is 5.71 Å². The van der Waals surface area contributed by atoms with Crippen LogP contribution in [0.25, 0.3) is 33.9 Å². The lowest BCUT2D eigenvalue weighted by molar-refractivity contribution is 0.536. The van der Waals surface area contributed by atoms with Crippen molar-refractivity contribution in [3.8, 4) is 22.8 Å². The molecular weight excluding hydrogens is 413 g/mol. The highest BCUT2D eigenvalue weighted by Gasteiger charge is 2.25. The number of hydrogen-bond acceptors (Lipinski definition) is 6. The average Bonchev–Trinajstić information content (AvgIpc) is 3.46. The summed E-state index contributed by atoms with van der Waals surface area (Å²) in [7, 11) is 0. The van der Waals surface area contributed by atoms with Crippen molar-refractivity contribution in [2.75, 3.05) is 0 Å². The van der Waals surface area contributed by atoms with Gasteiger partial charge in [-0.3, -0.25) is 0 Å². The Labute approximate surface area is 174 Å². The highest BCUT2D eigenvalue weighted by Crippen LogP contribution is 2.43. The molecule has 0 radical (unpaired) electrons. The van der Waals surface area contributed by atoms with Gasteiger partial charge in [0.05, 0.1) is 28.5 Å². The molecular formula is C21H11Cl2N3O3. The van der Waals surface area contributed by atoms with Crippen LogP contribution in [-0.2, 0) is 0 Å². The number of fused-ring (bicyclic) bond motifs is 1. The third-order valence-corrected chi connectivity index (χ3v) is 4.83. The quantitative estimate of drug-likeness (QED) is 0.297. The molecule has 0 unspecified atom stereocenters. The highest BCUT2D eigenvalue weighted by atomic mass is 35.5. The molecule has 0 amide bonds. The van der Waals surface area contributed by atoms with Crippen molar-refractivity contribution >= 4 is 46.3 Å². The largest absolute Gasteiger partial charge is 0.464 e. The van der Waals surface area contributed by atoms with Crippen LogP contribution >= 0.6 is 23.2 Å². The van der Waals surface area contributed by atoms with Crippen LogP contribution in [0.2, 0.25) is 10.0 Å². The van der Waals surface area contributed by atoms with Crippen LogP contribution in [0, 0.1) is 0 Å². The topological polar surface area (TPSA) is 77.6 Å². The highest BCUT2D eigenvalue weighted by molar-refractivity contribution is 6.36. The van der Waals surface area contributed by atoms with Gasteiger partial charge in [-0.25, -0.2) is 15.0 Å². The lowest BCUT2D eigenvalue weighted by Gasteiger charge is -2.00. The van der Waals surface area contributed by atoms with Gasteiger partial charge in [0, 0.05) is 16.8 Å². The molecule has 0 spiro atoms. The van der Waals surface area contributed by atoms with E-state index in [-0.39, 0.29) is 0 Å². The first-order chi connectivity index (χ1) is 14.2. The molecule has 0 saturated carbocycles. The van der Waals surface area contributed by atoms with Gasteiger partial charge in [-0.05, 0) is 36.4 Å². The van der Waals surface area contributed by atoms with Gasteiger partial charge in [0.1, 0.15) is 12.1 Å². The van der Waals surface area contributed by atoms with Crippen molar-refractivity contribution in [2.45, 2.75) is 0 Å². The molecule has 8 heteroatoms. The Balaban J connectivity index is 1.72. The van der Waals surface area contributed by atoms with Crippen molar-refractivity contribution in [1.82, 2.24) is 9.97 Å². The van der Waals surface area contributed by atoms with Gasteiger partial charge in [-0.15, -0.1) is 0 Å². The minimum Gasteiger partial charge on any atom is -0.464 e. The summed E-state index contributed by atoms with van der Waals surface area (Å²) in [6.45, 7) is 0. The first kappa shape index (κ1) is 17.7. The maximum absolute atomic E-state index is 6.24. The van der Waals surface area contributed by atoms with E-state index >= 15 is 0 Å². The van der Waals surface area contributed by atoms with Crippen LogP contribution in [0.3, 0.4) is 0 Å². The Morgan fingerprint density at radius 2 is 1.72 bits per heavy atom. The molecule has 0 saturated heterocycles. The average molecular weight is 424 g/mol. The summed E-state index contributed by atoms with van der Waals surface area (Å²) in [5, 5.41) is 1.64. The molecule has 1 aromatic carbocycles. The molecule has 142 valence electrons. The number of benzene rings is 1. The first-order valence-electron chi connectivity index (χ1n) is 8.55. The molecule has 4 heterocycles. The van der Waals surface area contributed by atoms with Crippen molar-refractivity contribution in [3.63, 3.8) is 0 Å². The first-order valence-corrected chi connectivity index (χ1v) is 9.30. The monoisotopic (exact) mass is 423 g/mol. The third kappa shape index (κ3) is 3.22. The summed E-state index contributed by atoms with van der Waals surface area (Å²) >= 11 is 12.2. The van der Waals surface area contributed by atoms with Gasteiger partial charge in [0.15, 0.2) is 17.3 Å². The summed E-state index contributed by atoms with van der Waals surface area (Å²) in [5.74, 6) is 2.03. The number of aliphatic imine (C=N–C) groups is 1. The molecule has 29 heavy (non-hydrogen) atoms. The summed E-state index contributed by atoms with van der Waals surface area (Å²) in [6, 6.07) is 12.4. The normalized spacial score (nSPS) is 11.7. The van der Waals surface area contributed by atoms with Crippen LogP contribution in [0.1, 0.15) is 5.56 Å². The maximum Gasteiger partial charge on any atom is 0.232 e. The molecule has 0 bridgehead atoms. The van der Waals surface area contributed by atoms with Gasteiger partial charge in [-0.2, -0.15) is 0 Å². The number of aromatic nitrogens is 2. The second-order valence-electron chi connectivity index (χ2n) is 6.06. The third-order valence-electron chi connectivity index (χ3n) is 4.27. The molecule has 0 aliphatic heterocycles. The molecule has 0 N–H and O–H groups in total. The van der Waals surface area contributed by atoms with Crippen LogP contribution in [0.5, 0.6) is 0 Å². The lowest BCUT2D eigenvalue weighted by Crippen LogP contribution is -1.86. The number of halogens is 2. The van der Waals surface area contributed by atoms with Crippen molar-refractivity contribution in [2.24, 2.45) is 4.99 Å². The van der Waals surface area contributed by atoms with Crippen LogP contribution < -0.4 is 0 Å². The van der Waals surface area contributed by atoms with Crippen molar-refractivity contribution in [1.29, 1.82) is 0 Å². The fraction of sp³-hybridized carbons (Fsp3) is 0. The fourth-order valence-electron chi connectivity index (χ4n) is 2.99. The molecule has 5 rings (SSSR count). The van der Waals surface area contributed by atoms with Gasteiger partial charge < -0.3 is 13.3 Å². The van der Waals surface area contributed by atoms with Crippen LogP contribution in [-0.4, -0.2) is 16.2 Å². The Bertz CT molecular complexity index is 1320. The SMILES string of the molecule is Clc1ccc(C=Nc2ncnc3oc(-c4ccco4)c(-c4ccco4)c23)c(Cl)c1. The Hall–Kier alpha value is -3.35. The molecule has 0 aliphatic carbocycles. The minimum atomic E-state index is 0.368. The summed E-state index contributed by atoms with van der Waals surface area (Å²) < 4.78 is 17.1. The zero-order valence-corrected chi connectivity index (χ0v) is 16.2. The number of rotatable bonds is 4. The minimum absolute atomic E-state index is 0.368.